The molecule has 0 spiro atoms. The average Bonchev–Trinajstić information content (AvgIpc) is 2.78. The van der Waals surface area contributed by atoms with E-state index in [9.17, 15) is 0 Å². The summed E-state index contributed by atoms with van der Waals surface area (Å²) in [5.74, 6) is 1.80. The van der Waals surface area contributed by atoms with Crippen LogP contribution in [0.15, 0.2) is 18.2 Å². The molecule has 2 rings (SSSR count). The van der Waals surface area contributed by atoms with Crippen molar-refractivity contribution in [2.45, 2.75) is 40.7 Å². The molecule has 3 nitrogen and oxygen atoms in total. The van der Waals surface area contributed by atoms with E-state index in [2.05, 4.69) is 55.0 Å². The molecule has 0 aromatic carbocycles. The average molecular weight is 261 g/mol. The molecule has 106 valence electrons. The van der Waals surface area contributed by atoms with Gasteiger partial charge in [-0.05, 0) is 43.4 Å². The van der Waals surface area contributed by atoms with Crippen LogP contribution < -0.4 is 5.32 Å². The molecule has 1 aromatic rings. The fraction of sp³-hybridized carbons (Fsp3) is 0.688. The quantitative estimate of drug-likeness (QED) is 0.900. The van der Waals surface area contributed by atoms with Gasteiger partial charge in [0.25, 0.3) is 0 Å². The lowest BCUT2D eigenvalue weighted by molar-refractivity contribution is 0.225. The minimum Gasteiger partial charge on any atom is -0.370 e. The molecular weight excluding hydrogens is 234 g/mol. The second-order valence-electron chi connectivity index (χ2n) is 6.63. The van der Waals surface area contributed by atoms with Gasteiger partial charge in [-0.2, -0.15) is 0 Å². The number of hydrogen-bond donors (Lipinski definition) is 1. The minimum atomic E-state index is 0.424. The van der Waals surface area contributed by atoms with E-state index in [0.29, 0.717) is 5.41 Å². The molecule has 0 amide bonds. The maximum Gasteiger partial charge on any atom is 0.126 e. The first-order chi connectivity index (χ1) is 8.99. The van der Waals surface area contributed by atoms with Crippen LogP contribution in [0.25, 0.3) is 0 Å². The Morgan fingerprint density at radius 2 is 2.16 bits per heavy atom. The predicted octanol–water partition coefficient (Wildman–Crippen LogP) is 3.38. The van der Waals surface area contributed by atoms with Gasteiger partial charge in [-0.25, -0.2) is 4.98 Å². The fourth-order valence-electron chi connectivity index (χ4n) is 2.76. The number of hydrogen-bond acceptors (Lipinski definition) is 3. The lowest BCUT2D eigenvalue weighted by atomic mass is 9.80. The first-order valence-electron chi connectivity index (χ1n) is 7.41. The van der Waals surface area contributed by atoms with Gasteiger partial charge in [-0.15, -0.1) is 0 Å². The van der Waals surface area contributed by atoms with Crippen molar-refractivity contribution in [2.75, 3.05) is 25.0 Å². The summed E-state index contributed by atoms with van der Waals surface area (Å²) < 4.78 is 0. The van der Waals surface area contributed by atoms with Crippen LogP contribution in [0.5, 0.6) is 0 Å². The second-order valence-corrected chi connectivity index (χ2v) is 6.63. The summed E-state index contributed by atoms with van der Waals surface area (Å²) in [4.78, 5) is 7.20. The number of nitrogens with one attached hydrogen (secondary N) is 1. The molecule has 1 fully saturated rings. The Morgan fingerprint density at radius 1 is 1.37 bits per heavy atom. The SMILES string of the molecule is CCNc1cccc(CN2CCC(C(C)(C)C)C2)n1. The van der Waals surface area contributed by atoms with Gasteiger partial charge in [0, 0.05) is 19.6 Å². The van der Waals surface area contributed by atoms with Gasteiger partial charge in [0.15, 0.2) is 0 Å². The molecule has 0 aliphatic carbocycles. The third-order valence-electron chi connectivity index (χ3n) is 4.05. The Hall–Kier alpha value is -1.09. The van der Waals surface area contributed by atoms with Crippen molar-refractivity contribution in [2.24, 2.45) is 11.3 Å². The van der Waals surface area contributed by atoms with E-state index >= 15 is 0 Å². The van der Waals surface area contributed by atoms with Gasteiger partial charge in [-0.1, -0.05) is 26.8 Å². The highest BCUT2D eigenvalue weighted by Gasteiger charge is 2.31. The molecule has 1 unspecified atom stereocenters. The van der Waals surface area contributed by atoms with Crippen LogP contribution in [0.4, 0.5) is 5.82 Å². The van der Waals surface area contributed by atoms with E-state index < -0.39 is 0 Å². The van der Waals surface area contributed by atoms with E-state index in [-0.39, 0.29) is 0 Å². The Balaban J connectivity index is 1.93. The molecule has 0 radical (unpaired) electrons. The molecule has 1 aliphatic rings. The molecule has 0 saturated carbocycles. The van der Waals surface area contributed by atoms with E-state index in [1.54, 1.807) is 0 Å². The Kier molecular flexibility index (Phi) is 4.46. The van der Waals surface area contributed by atoms with Crippen molar-refractivity contribution >= 4 is 5.82 Å². The highest BCUT2D eigenvalue weighted by atomic mass is 15.2. The summed E-state index contributed by atoms with van der Waals surface area (Å²) in [7, 11) is 0. The molecule has 3 heteroatoms. The Morgan fingerprint density at radius 3 is 2.79 bits per heavy atom. The highest BCUT2D eigenvalue weighted by molar-refractivity contribution is 5.34. The van der Waals surface area contributed by atoms with Crippen LogP contribution in [0.1, 0.15) is 39.8 Å². The normalized spacial score (nSPS) is 20.7. The Bertz CT molecular complexity index is 409. The maximum atomic E-state index is 4.66. The summed E-state index contributed by atoms with van der Waals surface area (Å²) >= 11 is 0. The van der Waals surface area contributed by atoms with Crippen LogP contribution in [0, 0.1) is 11.3 Å². The number of pyridine rings is 1. The first kappa shape index (κ1) is 14.3. The van der Waals surface area contributed by atoms with Gasteiger partial charge < -0.3 is 5.32 Å². The van der Waals surface area contributed by atoms with Crippen molar-refractivity contribution in [3.63, 3.8) is 0 Å². The van der Waals surface area contributed by atoms with Gasteiger partial charge in [-0.3, -0.25) is 4.90 Å². The predicted molar refractivity (Wildman–Crippen MR) is 81.2 cm³/mol. The molecule has 1 N–H and O–H groups in total. The molecule has 1 atom stereocenters. The zero-order valence-electron chi connectivity index (χ0n) is 12.7. The summed E-state index contributed by atoms with van der Waals surface area (Å²) in [5, 5.41) is 3.28. The van der Waals surface area contributed by atoms with E-state index in [4.69, 9.17) is 0 Å². The largest absolute Gasteiger partial charge is 0.370 e. The number of likely N-dealkylation sites (tertiary alicyclic amines) is 1. The first-order valence-corrected chi connectivity index (χ1v) is 7.41. The Labute approximate surface area is 117 Å². The summed E-state index contributed by atoms with van der Waals surface area (Å²) in [5.41, 5.74) is 1.60. The van der Waals surface area contributed by atoms with Crippen molar-refractivity contribution in [1.29, 1.82) is 0 Å². The van der Waals surface area contributed by atoms with Crippen molar-refractivity contribution < 1.29 is 0 Å². The number of anilines is 1. The molecule has 1 saturated heterocycles. The third kappa shape index (κ3) is 3.93. The van der Waals surface area contributed by atoms with Gasteiger partial charge in [0.2, 0.25) is 0 Å². The van der Waals surface area contributed by atoms with Crippen molar-refractivity contribution in [3.05, 3.63) is 23.9 Å². The van der Waals surface area contributed by atoms with Crippen molar-refractivity contribution in [1.82, 2.24) is 9.88 Å². The van der Waals surface area contributed by atoms with Crippen LogP contribution >= 0.6 is 0 Å². The van der Waals surface area contributed by atoms with E-state index in [1.165, 1.54) is 25.2 Å². The van der Waals surface area contributed by atoms with Crippen LogP contribution in [0.2, 0.25) is 0 Å². The number of nitrogens with zero attached hydrogens (tertiary/aromatic N) is 2. The molecule has 0 bridgehead atoms. The molecule has 2 heterocycles. The monoisotopic (exact) mass is 261 g/mol. The fourth-order valence-corrected chi connectivity index (χ4v) is 2.76. The standard InChI is InChI=1S/C16H27N3/c1-5-17-15-8-6-7-14(18-15)12-19-10-9-13(11-19)16(2,3)4/h6-8,13H,5,9-12H2,1-4H3,(H,17,18). The van der Waals surface area contributed by atoms with E-state index in [0.717, 1.165) is 24.8 Å². The van der Waals surface area contributed by atoms with Crippen LogP contribution in [-0.2, 0) is 6.54 Å². The van der Waals surface area contributed by atoms with Crippen LogP contribution in [0.3, 0.4) is 0 Å². The number of rotatable bonds is 4. The minimum absolute atomic E-state index is 0.424. The third-order valence-corrected chi connectivity index (χ3v) is 4.05. The smallest absolute Gasteiger partial charge is 0.126 e. The molecular formula is C16H27N3. The summed E-state index contributed by atoms with van der Waals surface area (Å²) in [6, 6.07) is 6.26. The lowest BCUT2D eigenvalue weighted by Crippen LogP contribution is -2.26. The highest BCUT2D eigenvalue weighted by Crippen LogP contribution is 2.33. The van der Waals surface area contributed by atoms with E-state index in [1.807, 2.05) is 6.07 Å². The zero-order chi connectivity index (χ0) is 13.9. The zero-order valence-corrected chi connectivity index (χ0v) is 12.7. The molecule has 1 aliphatic heterocycles. The van der Waals surface area contributed by atoms with Crippen molar-refractivity contribution in [3.8, 4) is 0 Å². The number of aromatic nitrogens is 1. The van der Waals surface area contributed by atoms with Gasteiger partial charge in [0.05, 0.1) is 5.69 Å². The second kappa shape index (κ2) is 5.91. The molecule has 19 heavy (non-hydrogen) atoms. The van der Waals surface area contributed by atoms with Gasteiger partial charge >= 0.3 is 0 Å². The summed E-state index contributed by atoms with van der Waals surface area (Å²) in [6.45, 7) is 13.5. The molecule has 1 aromatic heterocycles. The maximum absolute atomic E-state index is 4.66. The van der Waals surface area contributed by atoms with Gasteiger partial charge in [0.1, 0.15) is 5.82 Å². The summed E-state index contributed by atoms with van der Waals surface area (Å²) in [6.07, 6.45) is 1.32. The topological polar surface area (TPSA) is 28.2 Å². The van der Waals surface area contributed by atoms with Crippen LogP contribution in [-0.4, -0.2) is 29.5 Å². The lowest BCUT2D eigenvalue weighted by Gasteiger charge is -2.27.